The number of carbonyl (C=O) groups is 1. The molecule has 2 rings (SSSR count). The van der Waals surface area contributed by atoms with Gasteiger partial charge in [0.1, 0.15) is 16.9 Å². The summed E-state index contributed by atoms with van der Waals surface area (Å²) in [6.07, 6.45) is 0. The summed E-state index contributed by atoms with van der Waals surface area (Å²) < 4.78 is 5.46. The van der Waals surface area contributed by atoms with E-state index >= 15 is 0 Å². The Balaban J connectivity index is 2.46. The van der Waals surface area contributed by atoms with Gasteiger partial charge in [0.25, 0.3) is 0 Å². The molecule has 0 saturated carbocycles. The van der Waals surface area contributed by atoms with Crippen molar-refractivity contribution in [1.29, 1.82) is 0 Å². The fourth-order valence-corrected chi connectivity index (χ4v) is 3.58. The molecule has 0 amide bonds. The Kier molecular flexibility index (Phi) is 7.01. The molecule has 0 heterocycles. The third-order valence-corrected chi connectivity index (χ3v) is 5.13. The average Bonchev–Trinajstić information content (AvgIpc) is 2.61. The van der Waals surface area contributed by atoms with Crippen LogP contribution in [0.1, 0.15) is 63.0 Å². The Morgan fingerprint density at radius 1 is 1.07 bits per heavy atom. The molecule has 0 saturated heterocycles. The summed E-state index contributed by atoms with van der Waals surface area (Å²) in [6, 6.07) is 13.1. The highest BCUT2D eigenvalue weighted by molar-refractivity contribution is 8.00. The summed E-state index contributed by atoms with van der Waals surface area (Å²) in [4.78, 5) is 13.8. The number of thioether (sulfide) groups is 1. The van der Waals surface area contributed by atoms with Crippen molar-refractivity contribution in [3.63, 3.8) is 0 Å². The van der Waals surface area contributed by atoms with Crippen LogP contribution >= 0.6 is 11.8 Å². The van der Waals surface area contributed by atoms with E-state index in [2.05, 4.69) is 5.16 Å². The number of hydrogen-bond acceptors (Lipinski definition) is 6. The summed E-state index contributed by atoms with van der Waals surface area (Å²) in [5.74, 6) is -0.318. The summed E-state index contributed by atoms with van der Waals surface area (Å²) in [5.41, 5.74) is 0.506. The molecule has 6 heteroatoms. The first kappa shape index (κ1) is 22.8. The van der Waals surface area contributed by atoms with E-state index in [0.29, 0.717) is 22.6 Å². The zero-order valence-corrected chi connectivity index (χ0v) is 18.6. The first-order chi connectivity index (χ1) is 13.4. The quantitative estimate of drug-likeness (QED) is 0.218. The van der Waals surface area contributed by atoms with Crippen LogP contribution in [-0.2, 0) is 10.2 Å². The molecule has 29 heavy (non-hydrogen) atoms. The summed E-state index contributed by atoms with van der Waals surface area (Å²) in [7, 11) is 0. The van der Waals surface area contributed by atoms with E-state index in [1.54, 1.807) is 26.8 Å². The number of ether oxygens (including phenoxy) is 1. The van der Waals surface area contributed by atoms with Crippen LogP contribution in [0.3, 0.4) is 0 Å². The zero-order valence-electron chi connectivity index (χ0n) is 17.8. The number of oxime groups is 1. The summed E-state index contributed by atoms with van der Waals surface area (Å²) in [6.45, 7) is 11.1. The maximum Gasteiger partial charge on any atom is 0.342 e. The van der Waals surface area contributed by atoms with E-state index in [-0.39, 0.29) is 11.3 Å². The van der Waals surface area contributed by atoms with Gasteiger partial charge < -0.3 is 15.1 Å². The van der Waals surface area contributed by atoms with Crippen molar-refractivity contribution in [3.8, 4) is 5.75 Å². The van der Waals surface area contributed by atoms with Crippen LogP contribution in [0.2, 0.25) is 0 Å². The van der Waals surface area contributed by atoms with Gasteiger partial charge in [-0.2, -0.15) is 0 Å². The van der Waals surface area contributed by atoms with Gasteiger partial charge in [0.15, 0.2) is 0 Å². The second-order valence-corrected chi connectivity index (χ2v) is 9.87. The van der Waals surface area contributed by atoms with Gasteiger partial charge in [-0.1, -0.05) is 44.1 Å². The predicted octanol–water partition coefficient (Wildman–Crippen LogP) is 5.62. The maximum absolute atomic E-state index is 12.7. The largest absolute Gasteiger partial charge is 0.507 e. The van der Waals surface area contributed by atoms with E-state index in [4.69, 9.17) is 4.74 Å². The molecule has 0 aliphatic rings. The Morgan fingerprint density at radius 2 is 1.69 bits per heavy atom. The highest BCUT2D eigenvalue weighted by atomic mass is 32.2. The summed E-state index contributed by atoms with van der Waals surface area (Å²) in [5, 5.41) is 23.9. The SMILES string of the molecule is CC(C)(C)OC(=O)c1cc(/C(CSc2ccccc2)=N\O)cc(C(C)(C)C)c1O. The van der Waals surface area contributed by atoms with Gasteiger partial charge in [0.05, 0.1) is 5.71 Å². The van der Waals surface area contributed by atoms with Crippen LogP contribution in [0.15, 0.2) is 52.5 Å². The average molecular weight is 416 g/mol. The number of phenolic OH excluding ortho intramolecular Hbond substituents is 1. The third-order valence-electron chi connectivity index (χ3n) is 4.11. The van der Waals surface area contributed by atoms with Gasteiger partial charge in [0.2, 0.25) is 0 Å². The van der Waals surface area contributed by atoms with Gasteiger partial charge in [-0.15, -0.1) is 11.8 Å². The molecule has 5 nitrogen and oxygen atoms in total. The number of benzene rings is 2. The molecule has 0 aromatic heterocycles. The van der Waals surface area contributed by atoms with Crippen molar-refractivity contribution in [1.82, 2.24) is 0 Å². The number of carbonyl (C=O) groups excluding carboxylic acids is 1. The van der Waals surface area contributed by atoms with Crippen LogP contribution < -0.4 is 0 Å². The fourth-order valence-electron chi connectivity index (χ4n) is 2.70. The lowest BCUT2D eigenvalue weighted by Crippen LogP contribution is -2.25. The molecule has 0 radical (unpaired) electrons. The monoisotopic (exact) mass is 415 g/mol. The molecule has 2 N–H and O–H groups in total. The Morgan fingerprint density at radius 3 is 2.21 bits per heavy atom. The van der Waals surface area contributed by atoms with Gasteiger partial charge in [-0.3, -0.25) is 0 Å². The van der Waals surface area contributed by atoms with Crippen molar-refractivity contribution in [2.24, 2.45) is 5.16 Å². The van der Waals surface area contributed by atoms with Gasteiger partial charge in [-0.05, 0) is 50.5 Å². The first-order valence-electron chi connectivity index (χ1n) is 9.42. The lowest BCUT2D eigenvalue weighted by atomic mass is 9.83. The number of aromatic hydroxyl groups is 1. The predicted molar refractivity (Wildman–Crippen MR) is 117 cm³/mol. The molecule has 0 aliphatic carbocycles. The van der Waals surface area contributed by atoms with Gasteiger partial charge in [-0.25, -0.2) is 4.79 Å². The molecule has 0 spiro atoms. The van der Waals surface area contributed by atoms with Gasteiger partial charge in [0, 0.05) is 21.8 Å². The highest BCUT2D eigenvalue weighted by Gasteiger charge is 2.28. The third kappa shape index (κ3) is 6.26. The first-order valence-corrected chi connectivity index (χ1v) is 10.4. The fraction of sp³-hybridized carbons (Fsp3) is 0.391. The van der Waals surface area contributed by atoms with Gasteiger partial charge >= 0.3 is 5.97 Å². The van der Waals surface area contributed by atoms with Crippen LogP contribution in [0, 0.1) is 0 Å². The van der Waals surface area contributed by atoms with E-state index in [1.807, 2.05) is 51.1 Å². The van der Waals surface area contributed by atoms with Crippen molar-refractivity contribution in [3.05, 3.63) is 59.2 Å². The molecular formula is C23H29NO4S. The van der Waals surface area contributed by atoms with Crippen molar-refractivity contribution in [2.75, 3.05) is 5.75 Å². The Labute approximate surface area is 176 Å². The number of nitrogens with zero attached hydrogens (tertiary/aromatic N) is 1. The lowest BCUT2D eigenvalue weighted by molar-refractivity contribution is 0.00665. The standard InChI is InChI=1S/C23H29NO4S/c1-22(2,3)18-13-15(12-17(20(18)25)21(26)28-23(4,5)6)19(24-27)14-29-16-10-8-7-9-11-16/h7-13,25,27H,14H2,1-6H3/b24-19-. The summed E-state index contributed by atoms with van der Waals surface area (Å²) >= 11 is 1.52. The minimum absolute atomic E-state index is 0.0632. The zero-order chi connectivity index (χ0) is 21.8. The molecule has 0 atom stereocenters. The molecular weight excluding hydrogens is 386 g/mol. The smallest absolute Gasteiger partial charge is 0.342 e. The van der Waals surface area contributed by atoms with E-state index in [9.17, 15) is 15.1 Å². The minimum Gasteiger partial charge on any atom is -0.507 e. The van der Waals surface area contributed by atoms with Crippen LogP contribution in [0.25, 0.3) is 0 Å². The molecule has 0 unspecified atom stereocenters. The number of phenols is 1. The van der Waals surface area contributed by atoms with Crippen LogP contribution in [0.4, 0.5) is 0 Å². The lowest BCUT2D eigenvalue weighted by Gasteiger charge is -2.25. The van der Waals surface area contributed by atoms with Crippen LogP contribution in [-0.4, -0.2) is 33.3 Å². The van der Waals surface area contributed by atoms with E-state index in [0.717, 1.165) is 4.90 Å². The molecule has 0 aliphatic heterocycles. The second kappa shape index (κ2) is 8.91. The number of esters is 1. The van der Waals surface area contributed by atoms with Crippen LogP contribution in [0.5, 0.6) is 5.75 Å². The molecule has 156 valence electrons. The number of rotatable bonds is 5. The Hall–Kier alpha value is -2.47. The second-order valence-electron chi connectivity index (χ2n) is 8.82. The van der Waals surface area contributed by atoms with Crippen molar-refractivity contribution < 1.29 is 19.8 Å². The molecule has 2 aromatic carbocycles. The normalized spacial score (nSPS) is 12.7. The topological polar surface area (TPSA) is 79.1 Å². The molecule has 0 bridgehead atoms. The highest BCUT2D eigenvalue weighted by Crippen LogP contribution is 2.36. The molecule has 2 aromatic rings. The van der Waals surface area contributed by atoms with Crippen molar-refractivity contribution in [2.45, 2.75) is 57.5 Å². The minimum atomic E-state index is -0.696. The Bertz CT molecular complexity index is 894. The van der Waals surface area contributed by atoms with E-state index < -0.39 is 17.0 Å². The van der Waals surface area contributed by atoms with E-state index in [1.165, 1.54) is 17.8 Å². The maximum atomic E-state index is 12.7. The number of hydrogen-bond donors (Lipinski definition) is 2. The molecule has 0 fully saturated rings. The van der Waals surface area contributed by atoms with Crippen molar-refractivity contribution >= 4 is 23.4 Å².